The zero-order valence-corrected chi connectivity index (χ0v) is 10.6. The van der Waals surface area contributed by atoms with Crippen LogP contribution in [0.4, 0.5) is 4.39 Å². The van der Waals surface area contributed by atoms with Gasteiger partial charge in [-0.25, -0.2) is 4.39 Å². The molecular weight excluding hydrogens is 221 g/mol. The molecule has 0 spiro atoms. The molecule has 3 nitrogen and oxygen atoms in total. The predicted molar refractivity (Wildman–Crippen MR) is 65.0 cm³/mol. The van der Waals surface area contributed by atoms with E-state index in [-0.39, 0.29) is 17.3 Å². The highest BCUT2D eigenvalue weighted by Gasteiger charge is 2.19. The lowest BCUT2D eigenvalue weighted by atomic mass is 9.97. The van der Waals surface area contributed by atoms with E-state index < -0.39 is 11.9 Å². The van der Waals surface area contributed by atoms with Gasteiger partial charge < -0.3 is 10.5 Å². The van der Waals surface area contributed by atoms with E-state index in [1.54, 1.807) is 13.0 Å². The summed E-state index contributed by atoms with van der Waals surface area (Å²) in [4.78, 5) is 11.7. The number of halogens is 1. The van der Waals surface area contributed by atoms with E-state index in [1.165, 1.54) is 13.2 Å². The molecule has 0 fully saturated rings. The number of hydrogen-bond acceptors (Lipinski definition) is 3. The van der Waals surface area contributed by atoms with Crippen molar-refractivity contribution in [2.24, 2.45) is 5.73 Å². The second-order valence-electron chi connectivity index (χ2n) is 4.38. The summed E-state index contributed by atoms with van der Waals surface area (Å²) >= 11 is 0. The first-order chi connectivity index (χ1) is 7.88. The summed E-state index contributed by atoms with van der Waals surface area (Å²) in [6, 6.07) is 2.12. The molecular formula is C13H18FNO2. The molecule has 94 valence electrons. The third-order valence-corrected chi connectivity index (χ3v) is 2.59. The van der Waals surface area contributed by atoms with E-state index >= 15 is 0 Å². The maximum absolute atomic E-state index is 13.9. The average molecular weight is 239 g/mol. The number of Topliss-reactive ketones (excluding diaryl/α,β-unsaturated/α-hetero) is 1. The molecule has 0 saturated heterocycles. The quantitative estimate of drug-likeness (QED) is 0.821. The van der Waals surface area contributed by atoms with Gasteiger partial charge in [-0.2, -0.15) is 0 Å². The Bertz CT molecular complexity index is 428. The normalized spacial score (nSPS) is 12.6. The number of rotatable bonds is 4. The number of ketones is 1. The van der Waals surface area contributed by atoms with E-state index in [0.29, 0.717) is 11.3 Å². The molecule has 0 aliphatic heterocycles. The monoisotopic (exact) mass is 239 g/mol. The van der Waals surface area contributed by atoms with Crippen molar-refractivity contribution in [2.45, 2.75) is 32.7 Å². The van der Waals surface area contributed by atoms with Crippen LogP contribution in [0.3, 0.4) is 0 Å². The van der Waals surface area contributed by atoms with Crippen LogP contribution < -0.4 is 10.5 Å². The summed E-state index contributed by atoms with van der Waals surface area (Å²) < 4.78 is 19.0. The van der Waals surface area contributed by atoms with Gasteiger partial charge in [0, 0.05) is 11.1 Å². The number of ether oxygens (including phenoxy) is 1. The summed E-state index contributed by atoms with van der Waals surface area (Å²) in [5, 5.41) is 0. The van der Waals surface area contributed by atoms with Crippen molar-refractivity contribution < 1.29 is 13.9 Å². The predicted octanol–water partition coefficient (Wildman–Crippen LogP) is 2.49. The van der Waals surface area contributed by atoms with Crippen molar-refractivity contribution in [1.82, 2.24) is 0 Å². The Morgan fingerprint density at radius 1 is 1.35 bits per heavy atom. The first-order valence-corrected chi connectivity index (χ1v) is 5.55. The highest BCUT2D eigenvalue weighted by molar-refractivity contribution is 6.00. The number of hydrogen-bond donors (Lipinski definition) is 1. The maximum Gasteiger partial charge on any atom is 0.179 e. The van der Waals surface area contributed by atoms with Crippen molar-refractivity contribution in [3.63, 3.8) is 0 Å². The fourth-order valence-corrected chi connectivity index (χ4v) is 1.73. The SMILES string of the molecule is COc1cc(C(=O)C(C)N)cc(F)c1C(C)C. The molecule has 1 atom stereocenters. The minimum Gasteiger partial charge on any atom is -0.496 e. The molecule has 0 bridgehead atoms. The molecule has 1 rings (SSSR count). The van der Waals surface area contributed by atoms with E-state index in [1.807, 2.05) is 13.8 Å². The van der Waals surface area contributed by atoms with Gasteiger partial charge in [0.05, 0.1) is 13.2 Å². The minimum atomic E-state index is -0.649. The Hall–Kier alpha value is -1.42. The third kappa shape index (κ3) is 2.82. The largest absolute Gasteiger partial charge is 0.496 e. The topological polar surface area (TPSA) is 52.3 Å². The van der Waals surface area contributed by atoms with Crippen molar-refractivity contribution in [3.8, 4) is 5.75 Å². The molecule has 2 N–H and O–H groups in total. The van der Waals surface area contributed by atoms with Crippen LogP contribution >= 0.6 is 0 Å². The zero-order valence-electron chi connectivity index (χ0n) is 10.6. The van der Waals surface area contributed by atoms with Gasteiger partial charge in [-0.15, -0.1) is 0 Å². The molecule has 0 saturated carbocycles. The molecule has 0 radical (unpaired) electrons. The summed E-state index contributed by atoms with van der Waals surface area (Å²) in [5.41, 5.74) is 6.22. The second-order valence-corrected chi connectivity index (χ2v) is 4.38. The molecule has 0 amide bonds. The highest BCUT2D eigenvalue weighted by Crippen LogP contribution is 2.30. The van der Waals surface area contributed by atoms with Gasteiger partial charge in [-0.3, -0.25) is 4.79 Å². The van der Waals surface area contributed by atoms with Gasteiger partial charge in [0.2, 0.25) is 0 Å². The molecule has 4 heteroatoms. The highest BCUT2D eigenvalue weighted by atomic mass is 19.1. The summed E-state index contributed by atoms with van der Waals surface area (Å²) in [7, 11) is 1.46. The lowest BCUT2D eigenvalue weighted by Crippen LogP contribution is -2.26. The van der Waals surface area contributed by atoms with Crippen LogP contribution in [0.5, 0.6) is 5.75 Å². The van der Waals surface area contributed by atoms with Crippen LogP contribution in [-0.4, -0.2) is 18.9 Å². The first-order valence-electron chi connectivity index (χ1n) is 5.55. The van der Waals surface area contributed by atoms with E-state index in [9.17, 15) is 9.18 Å². The minimum absolute atomic E-state index is 0.00981. The van der Waals surface area contributed by atoms with Crippen molar-refractivity contribution in [3.05, 3.63) is 29.1 Å². The van der Waals surface area contributed by atoms with Gasteiger partial charge in [-0.1, -0.05) is 13.8 Å². The van der Waals surface area contributed by atoms with Gasteiger partial charge >= 0.3 is 0 Å². The molecule has 0 aliphatic carbocycles. The lowest BCUT2D eigenvalue weighted by Gasteiger charge is -2.15. The zero-order chi connectivity index (χ0) is 13.2. The van der Waals surface area contributed by atoms with E-state index in [2.05, 4.69) is 0 Å². The number of carbonyl (C=O) groups is 1. The molecule has 17 heavy (non-hydrogen) atoms. The Kier molecular flexibility index (Phi) is 4.23. The van der Waals surface area contributed by atoms with Crippen LogP contribution in [0.15, 0.2) is 12.1 Å². The number of benzene rings is 1. The van der Waals surface area contributed by atoms with Crippen LogP contribution in [0.2, 0.25) is 0 Å². The summed E-state index contributed by atoms with van der Waals surface area (Å²) in [5.74, 6) is -0.339. The standard InChI is InChI=1S/C13H18FNO2/c1-7(2)12-10(14)5-9(6-11(12)17-4)13(16)8(3)15/h5-8H,15H2,1-4H3. The fraction of sp³-hybridized carbons (Fsp3) is 0.462. The van der Waals surface area contributed by atoms with Crippen molar-refractivity contribution in [1.29, 1.82) is 0 Å². The summed E-state index contributed by atoms with van der Waals surface area (Å²) in [6.45, 7) is 5.31. The Morgan fingerprint density at radius 2 is 1.94 bits per heavy atom. The van der Waals surface area contributed by atoms with Crippen molar-refractivity contribution >= 4 is 5.78 Å². The molecule has 1 aromatic rings. The summed E-state index contributed by atoms with van der Waals surface area (Å²) in [6.07, 6.45) is 0. The second kappa shape index (κ2) is 5.27. The Morgan fingerprint density at radius 3 is 2.35 bits per heavy atom. The van der Waals surface area contributed by atoms with Crippen LogP contribution in [-0.2, 0) is 0 Å². The Balaban J connectivity index is 3.32. The number of carbonyl (C=O) groups excluding carboxylic acids is 1. The van der Waals surface area contributed by atoms with Gasteiger partial charge in [-0.05, 0) is 25.0 Å². The molecule has 1 aromatic carbocycles. The smallest absolute Gasteiger partial charge is 0.179 e. The van der Waals surface area contributed by atoms with Gasteiger partial charge in [0.25, 0.3) is 0 Å². The molecule has 0 aliphatic rings. The average Bonchev–Trinajstić information content (AvgIpc) is 2.25. The molecule has 0 aromatic heterocycles. The van der Waals surface area contributed by atoms with Crippen molar-refractivity contribution in [2.75, 3.05) is 7.11 Å². The lowest BCUT2D eigenvalue weighted by molar-refractivity contribution is 0.0967. The third-order valence-electron chi connectivity index (χ3n) is 2.59. The maximum atomic E-state index is 13.9. The van der Waals surface area contributed by atoms with E-state index in [4.69, 9.17) is 10.5 Å². The van der Waals surface area contributed by atoms with Crippen LogP contribution in [0.1, 0.15) is 42.6 Å². The van der Waals surface area contributed by atoms with Crippen LogP contribution in [0.25, 0.3) is 0 Å². The molecule has 1 unspecified atom stereocenters. The Labute approximate surface area is 101 Å². The van der Waals surface area contributed by atoms with Gasteiger partial charge in [0.15, 0.2) is 5.78 Å². The number of methoxy groups -OCH3 is 1. The van der Waals surface area contributed by atoms with Crippen LogP contribution in [0, 0.1) is 5.82 Å². The number of nitrogens with two attached hydrogens (primary N) is 1. The van der Waals surface area contributed by atoms with Gasteiger partial charge in [0.1, 0.15) is 11.6 Å². The van der Waals surface area contributed by atoms with E-state index in [0.717, 1.165) is 0 Å². The fourth-order valence-electron chi connectivity index (χ4n) is 1.73. The first kappa shape index (κ1) is 13.6. The molecule has 0 heterocycles.